The molecule has 1 aromatic heterocycles. The number of carbonyl (C=O) groups excluding carboxylic acids is 1. The average molecular weight is 416 g/mol. The standard InChI is InChI=1S/C21H19Cl2N3O2/c22-18-7-3-15(11-19(18)23)12-25-10-9-14-1-5-17(6-2-14)28-20-8-4-16(13-26-20)21(24)27/h1-8,11,13,25H,9-10,12H2,(H2,24,27). The molecule has 0 aliphatic heterocycles. The first-order valence-electron chi connectivity index (χ1n) is 8.68. The van der Waals surface area contributed by atoms with Crippen LogP contribution in [0.5, 0.6) is 11.6 Å². The zero-order valence-corrected chi connectivity index (χ0v) is 16.5. The van der Waals surface area contributed by atoms with Gasteiger partial charge in [0.25, 0.3) is 0 Å². The Bertz CT molecular complexity index is 945. The van der Waals surface area contributed by atoms with Gasteiger partial charge in [-0.1, -0.05) is 41.4 Å². The van der Waals surface area contributed by atoms with Crippen LogP contribution in [0, 0.1) is 0 Å². The van der Waals surface area contributed by atoms with E-state index in [1.165, 1.54) is 11.8 Å². The number of aromatic nitrogens is 1. The van der Waals surface area contributed by atoms with Crippen molar-refractivity contribution in [2.45, 2.75) is 13.0 Å². The Balaban J connectivity index is 1.46. The summed E-state index contributed by atoms with van der Waals surface area (Å²) in [5.41, 5.74) is 7.81. The fourth-order valence-electron chi connectivity index (χ4n) is 2.55. The monoisotopic (exact) mass is 415 g/mol. The highest BCUT2D eigenvalue weighted by atomic mass is 35.5. The molecule has 144 valence electrons. The van der Waals surface area contributed by atoms with E-state index in [-0.39, 0.29) is 0 Å². The summed E-state index contributed by atoms with van der Waals surface area (Å²) in [6.45, 7) is 1.56. The van der Waals surface area contributed by atoms with Crippen molar-refractivity contribution < 1.29 is 9.53 Å². The second-order valence-electron chi connectivity index (χ2n) is 6.17. The molecule has 2 aromatic carbocycles. The molecule has 3 N–H and O–H groups in total. The molecule has 0 bridgehead atoms. The van der Waals surface area contributed by atoms with Crippen LogP contribution in [0.3, 0.4) is 0 Å². The van der Waals surface area contributed by atoms with Crippen molar-refractivity contribution in [3.05, 3.63) is 87.5 Å². The maximum absolute atomic E-state index is 11.1. The van der Waals surface area contributed by atoms with E-state index in [4.69, 9.17) is 33.7 Å². The second kappa shape index (κ2) is 9.55. The van der Waals surface area contributed by atoms with Crippen LogP contribution in [-0.4, -0.2) is 17.4 Å². The lowest BCUT2D eigenvalue weighted by atomic mass is 10.1. The number of rotatable bonds is 8. The molecule has 0 spiro atoms. The number of primary amides is 1. The summed E-state index contributed by atoms with van der Waals surface area (Å²) >= 11 is 11.9. The molecule has 5 nitrogen and oxygen atoms in total. The summed E-state index contributed by atoms with van der Waals surface area (Å²) in [5.74, 6) is 0.559. The molecule has 1 amide bonds. The number of hydrogen-bond acceptors (Lipinski definition) is 4. The van der Waals surface area contributed by atoms with Gasteiger partial charge in [-0.2, -0.15) is 0 Å². The summed E-state index contributed by atoms with van der Waals surface area (Å²) in [4.78, 5) is 15.1. The van der Waals surface area contributed by atoms with Crippen LogP contribution in [-0.2, 0) is 13.0 Å². The van der Waals surface area contributed by atoms with Gasteiger partial charge in [-0.25, -0.2) is 4.98 Å². The first-order valence-corrected chi connectivity index (χ1v) is 9.44. The molecule has 3 aromatic rings. The molecular weight excluding hydrogens is 397 g/mol. The van der Waals surface area contributed by atoms with Crippen LogP contribution in [0.4, 0.5) is 0 Å². The van der Waals surface area contributed by atoms with Crippen LogP contribution in [0.25, 0.3) is 0 Å². The Morgan fingerprint density at radius 3 is 2.39 bits per heavy atom. The van der Waals surface area contributed by atoms with Gasteiger partial charge in [0, 0.05) is 18.8 Å². The number of pyridine rings is 1. The fourth-order valence-corrected chi connectivity index (χ4v) is 2.87. The minimum atomic E-state index is -0.517. The average Bonchev–Trinajstić information content (AvgIpc) is 2.69. The van der Waals surface area contributed by atoms with E-state index in [1.807, 2.05) is 36.4 Å². The van der Waals surface area contributed by atoms with Gasteiger partial charge in [0.1, 0.15) is 5.75 Å². The summed E-state index contributed by atoms with van der Waals surface area (Å²) < 4.78 is 5.67. The fraction of sp³-hybridized carbons (Fsp3) is 0.143. The highest BCUT2D eigenvalue weighted by Gasteiger charge is 2.04. The lowest BCUT2D eigenvalue weighted by molar-refractivity contribution is 0.1000. The molecule has 0 unspecified atom stereocenters. The smallest absolute Gasteiger partial charge is 0.250 e. The molecule has 7 heteroatoms. The van der Waals surface area contributed by atoms with Gasteiger partial charge in [0.15, 0.2) is 0 Å². The topological polar surface area (TPSA) is 77.2 Å². The lowest BCUT2D eigenvalue weighted by Gasteiger charge is -2.08. The van der Waals surface area contributed by atoms with Gasteiger partial charge >= 0.3 is 0 Å². The normalized spacial score (nSPS) is 10.6. The SMILES string of the molecule is NC(=O)c1ccc(Oc2ccc(CCNCc3ccc(Cl)c(Cl)c3)cc2)nc1. The third-order valence-electron chi connectivity index (χ3n) is 4.07. The Hall–Kier alpha value is -2.60. The molecule has 0 saturated carbocycles. The van der Waals surface area contributed by atoms with Crippen LogP contribution >= 0.6 is 23.2 Å². The Morgan fingerprint density at radius 1 is 1.00 bits per heavy atom. The second-order valence-corrected chi connectivity index (χ2v) is 6.99. The van der Waals surface area contributed by atoms with Gasteiger partial charge in [-0.3, -0.25) is 4.79 Å². The first-order chi connectivity index (χ1) is 13.5. The highest BCUT2D eigenvalue weighted by Crippen LogP contribution is 2.22. The highest BCUT2D eigenvalue weighted by molar-refractivity contribution is 6.42. The van der Waals surface area contributed by atoms with Crippen LogP contribution in [0.1, 0.15) is 21.5 Å². The third-order valence-corrected chi connectivity index (χ3v) is 4.81. The number of carbonyl (C=O) groups is 1. The number of hydrogen-bond donors (Lipinski definition) is 2. The van der Waals surface area contributed by atoms with E-state index in [2.05, 4.69) is 10.3 Å². The van der Waals surface area contributed by atoms with E-state index in [0.29, 0.717) is 27.2 Å². The molecule has 28 heavy (non-hydrogen) atoms. The zero-order valence-electron chi connectivity index (χ0n) is 15.0. The van der Waals surface area contributed by atoms with E-state index in [1.54, 1.807) is 18.2 Å². The number of nitrogens with one attached hydrogen (secondary N) is 1. The quantitative estimate of drug-likeness (QED) is 0.526. The maximum atomic E-state index is 11.1. The van der Waals surface area contributed by atoms with Gasteiger partial charge in [-0.15, -0.1) is 0 Å². The first kappa shape index (κ1) is 20.1. The Labute approximate surface area is 173 Å². The minimum Gasteiger partial charge on any atom is -0.439 e. The minimum absolute atomic E-state index is 0.344. The number of benzene rings is 2. The third kappa shape index (κ3) is 5.70. The van der Waals surface area contributed by atoms with Crippen molar-refractivity contribution in [3.63, 3.8) is 0 Å². The van der Waals surface area contributed by atoms with Crippen molar-refractivity contribution in [2.75, 3.05) is 6.54 Å². The van der Waals surface area contributed by atoms with E-state index >= 15 is 0 Å². The summed E-state index contributed by atoms with van der Waals surface area (Å²) in [7, 11) is 0. The predicted molar refractivity (Wildman–Crippen MR) is 111 cm³/mol. The molecule has 0 radical (unpaired) electrons. The van der Waals surface area contributed by atoms with E-state index in [0.717, 1.165) is 25.1 Å². The lowest BCUT2D eigenvalue weighted by Crippen LogP contribution is -2.16. The summed E-state index contributed by atoms with van der Waals surface area (Å²) in [6, 6.07) is 16.6. The zero-order chi connectivity index (χ0) is 19.9. The van der Waals surface area contributed by atoms with E-state index < -0.39 is 5.91 Å². The predicted octanol–water partition coefficient (Wildman–Crippen LogP) is 4.61. The van der Waals surface area contributed by atoms with Crippen molar-refractivity contribution in [3.8, 4) is 11.6 Å². The van der Waals surface area contributed by atoms with E-state index in [9.17, 15) is 4.79 Å². The number of nitrogens with two attached hydrogens (primary N) is 1. The van der Waals surface area contributed by atoms with Crippen molar-refractivity contribution in [1.82, 2.24) is 10.3 Å². The molecule has 3 rings (SSSR count). The van der Waals surface area contributed by atoms with Gasteiger partial charge in [0.2, 0.25) is 11.8 Å². The van der Waals surface area contributed by atoms with Crippen molar-refractivity contribution in [1.29, 1.82) is 0 Å². The Kier molecular flexibility index (Phi) is 6.87. The summed E-state index contributed by atoms with van der Waals surface area (Å²) in [5, 5.41) is 4.51. The van der Waals surface area contributed by atoms with Gasteiger partial charge < -0.3 is 15.8 Å². The van der Waals surface area contributed by atoms with Crippen LogP contribution in [0.15, 0.2) is 60.8 Å². The molecule has 0 saturated heterocycles. The maximum Gasteiger partial charge on any atom is 0.250 e. The molecule has 1 heterocycles. The molecule has 0 aliphatic carbocycles. The number of amides is 1. The number of ether oxygens (including phenoxy) is 1. The molecular formula is C21H19Cl2N3O2. The Morgan fingerprint density at radius 2 is 1.75 bits per heavy atom. The van der Waals surface area contributed by atoms with Crippen LogP contribution < -0.4 is 15.8 Å². The number of nitrogens with zero attached hydrogens (tertiary/aromatic N) is 1. The molecule has 0 fully saturated rings. The molecule has 0 aliphatic rings. The molecule has 0 atom stereocenters. The largest absolute Gasteiger partial charge is 0.439 e. The van der Waals surface area contributed by atoms with Crippen LogP contribution in [0.2, 0.25) is 10.0 Å². The van der Waals surface area contributed by atoms with Crippen molar-refractivity contribution in [2.24, 2.45) is 5.73 Å². The van der Waals surface area contributed by atoms with Gasteiger partial charge in [-0.05, 0) is 54.4 Å². The number of halogens is 2. The van der Waals surface area contributed by atoms with Gasteiger partial charge in [0.05, 0.1) is 15.6 Å². The van der Waals surface area contributed by atoms with Crippen molar-refractivity contribution >= 4 is 29.1 Å². The summed E-state index contributed by atoms with van der Waals surface area (Å²) in [6.07, 6.45) is 2.28.